The summed E-state index contributed by atoms with van der Waals surface area (Å²) in [5.74, 6) is 0. The van der Waals surface area contributed by atoms with Crippen molar-refractivity contribution in [1.82, 2.24) is 4.90 Å². The van der Waals surface area contributed by atoms with Gasteiger partial charge in [0.15, 0.2) is 0 Å². The third kappa shape index (κ3) is 4.41. The minimum atomic E-state index is -3.58. The molecule has 0 aliphatic carbocycles. The van der Waals surface area contributed by atoms with Gasteiger partial charge in [-0.2, -0.15) is 0 Å². The van der Waals surface area contributed by atoms with Crippen LogP contribution < -0.4 is 4.90 Å². The van der Waals surface area contributed by atoms with Gasteiger partial charge < -0.3 is 14.5 Å². The summed E-state index contributed by atoms with van der Waals surface area (Å²) in [5.41, 5.74) is 0.484. The fourth-order valence-electron chi connectivity index (χ4n) is 3.66. The summed E-state index contributed by atoms with van der Waals surface area (Å²) in [5, 5.41) is 2.47. The van der Waals surface area contributed by atoms with Crippen LogP contribution >= 0.6 is 11.3 Å². The van der Waals surface area contributed by atoms with Gasteiger partial charge in [0, 0.05) is 36.9 Å². The summed E-state index contributed by atoms with van der Waals surface area (Å²) < 4.78 is 32.7. The van der Waals surface area contributed by atoms with Gasteiger partial charge in [0.1, 0.15) is 5.60 Å². The van der Waals surface area contributed by atoms with E-state index in [1.807, 2.05) is 39.0 Å². The van der Waals surface area contributed by atoms with Crippen molar-refractivity contribution >= 4 is 43.0 Å². The highest BCUT2D eigenvalue weighted by molar-refractivity contribution is 7.92. The van der Waals surface area contributed by atoms with Crippen LogP contribution in [0.2, 0.25) is 0 Å². The Kier molecular flexibility index (Phi) is 5.70. The van der Waals surface area contributed by atoms with Gasteiger partial charge >= 0.3 is 6.09 Å². The summed E-state index contributed by atoms with van der Waals surface area (Å²) in [6.45, 7) is 8.03. The molecule has 1 saturated heterocycles. The molecule has 164 valence electrons. The van der Waals surface area contributed by atoms with Crippen molar-refractivity contribution in [2.24, 2.45) is 0 Å². The van der Waals surface area contributed by atoms with Crippen molar-refractivity contribution in [3.8, 4) is 0 Å². The van der Waals surface area contributed by atoms with Crippen LogP contribution in [0.25, 0.3) is 10.1 Å². The molecule has 0 unspecified atom stereocenters. The van der Waals surface area contributed by atoms with Gasteiger partial charge in [-0.3, -0.25) is 0 Å². The number of anilines is 1. The molecule has 2 heterocycles. The number of hydrogen-bond acceptors (Lipinski definition) is 6. The summed E-state index contributed by atoms with van der Waals surface area (Å²) >= 11 is 1.44. The predicted molar refractivity (Wildman–Crippen MR) is 124 cm³/mol. The maximum absolute atomic E-state index is 13.2. The average molecular weight is 459 g/mol. The van der Waals surface area contributed by atoms with E-state index in [1.54, 1.807) is 40.6 Å². The Morgan fingerprint density at radius 3 is 2.29 bits per heavy atom. The minimum absolute atomic E-state index is 0.294. The molecular weight excluding hydrogens is 432 g/mol. The van der Waals surface area contributed by atoms with E-state index in [1.165, 1.54) is 11.3 Å². The van der Waals surface area contributed by atoms with Crippen molar-refractivity contribution in [3.05, 3.63) is 53.9 Å². The van der Waals surface area contributed by atoms with E-state index < -0.39 is 15.4 Å². The molecule has 1 aliphatic heterocycles. The summed E-state index contributed by atoms with van der Waals surface area (Å²) in [4.78, 5) is 16.9. The lowest BCUT2D eigenvalue weighted by Crippen LogP contribution is -2.50. The van der Waals surface area contributed by atoms with Gasteiger partial charge in [0.05, 0.1) is 20.2 Å². The van der Waals surface area contributed by atoms with E-state index in [-0.39, 0.29) is 6.09 Å². The van der Waals surface area contributed by atoms with E-state index in [0.717, 1.165) is 15.8 Å². The Hall–Kier alpha value is -2.58. The first-order valence-corrected chi connectivity index (χ1v) is 12.6. The van der Waals surface area contributed by atoms with Crippen LogP contribution in [0.3, 0.4) is 0 Å². The first kappa shape index (κ1) is 21.6. The number of rotatable bonds is 3. The molecule has 4 rings (SSSR count). The molecule has 1 amide bonds. The molecule has 8 heteroatoms. The quantitative estimate of drug-likeness (QED) is 0.564. The molecule has 0 bridgehead atoms. The maximum Gasteiger partial charge on any atom is 0.410 e. The van der Waals surface area contributed by atoms with E-state index >= 15 is 0 Å². The molecule has 6 nitrogen and oxygen atoms in total. The third-order valence-corrected chi connectivity index (χ3v) is 8.14. The first-order chi connectivity index (χ1) is 14.7. The number of thiophene rings is 1. The van der Waals surface area contributed by atoms with Gasteiger partial charge in [-0.25, -0.2) is 13.2 Å². The standard InChI is InChI=1S/C23H26N2O4S2/c1-23(2,3)29-22(26)25-14-12-24(13-15-25)19-11-7-10-18-20(16-30-21(18)19)31(27,28)17-8-5-4-6-9-17/h4-11,16H,12-15H2,1-3H3. The summed E-state index contributed by atoms with van der Waals surface area (Å²) in [7, 11) is -3.58. The van der Waals surface area contributed by atoms with Crippen LogP contribution in [-0.2, 0) is 14.6 Å². The Morgan fingerprint density at radius 2 is 1.65 bits per heavy atom. The molecule has 1 aliphatic rings. The maximum atomic E-state index is 13.2. The second kappa shape index (κ2) is 8.16. The van der Waals surface area contributed by atoms with Crippen molar-refractivity contribution < 1.29 is 17.9 Å². The number of carbonyl (C=O) groups is 1. The van der Waals surface area contributed by atoms with E-state index in [0.29, 0.717) is 36.0 Å². The van der Waals surface area contributed by atoms with Crippen LogP contribution in [0.4, 0.5) is 10.5 Å². The minimum Gasteiger partial charge on any atom is -0.444 e. The number of piperazine rings is 1. The summed E-state index contributed by atoms with van der Waals surface area (Å²) in [6.07, 6.45) is -0.294. The zero-order valence-electron chi connectivity index (χ0n) is 17.9. The molecule has 2 aromatic carbocycles. The van der Waals surface area contributed by atoms with E-state index in [2.05, 4.69) is 4.90 Å². The summed E-state index contributed by atoms with van der Waals surface area (Å²) in [6, 6.07) is 14.3. The van der Waals surface area contributed by atoms with Gasteiger partial charge in [-0.1, -0.05) is 30.3 Å². The van der Waals surface area contributed by atoms with Crippen LogP contribution in [0.15, 0.2) is 63.7 Å². The van der Waals surface area contributed by atoms with Crippen molar-refractivity contribution in [2.45, 2.75) is 36.2 Å². The molecule has 0 spiro atoms. The van der Waals surface area contributed by atoms with E-state index in [9.17, 15) is 13.2 Å². The molecule has 0 saturated carbocycles. The van der Waals surface area contributed by atoms with Gasteiger partial charge in [0.2, 0.25) is 9.84 Å². The second-order valence-electron chi connectivity index (χ2n) is 8.52. The molecule has 0 N–H and O–H groups in total. The molecule has 0 atom stereocenters. The van der Waals surface area contributed by atoms with Crippen molar-refractivity contribution in [3.63, 3.8) is 0 Å². The fraction of sp³-hybridized carbons (Fsp3) is 0.348. The monoisotopic (exact) mass is 458 g/mol. The largest absolute Gasteiger partial charge is 0.444 e. The SMILES string of the molecule is CC(C)(C)OC(=O)N1CCN(c2cccc3c(S(=O)(=O)c4ccccc4)csc23)CC1. The lowest BCUT2D eigenvalue weighted by atomic mass is 10.2. The Morgan fingerprint density at radius 1 is 0.968 bits per heavy atom. The zero-order valence-corrected chi connectivity index (χ0v) is 19.5. The topological polar surface area (TPSA) is 66.9 Å². The lowest BCUT2D eigenvalue weighted by molar-refractivity contribution is 0.0240. The number of benzene rings is 2. The van der Waals surface area contributed by atoms with Crippen LogP contribution in [0, 0.1) is 0 Å². The van der Waals surface area contributed by atoms with Crippen LogP contribution in [0.1, 0.15) is 20.8 Å². The number of nitrogens with zero attached hydrogens (tertiary/aromatic N) is 2. The second-order valence-corrected chi connectivity index (χ2v) is 11.3. The molecule has 1 aromatic heterocycles. The lowest BCUT2D eigenvalue weighted by Gasteiger charge is -2.37. The third-order valence-electron chi connectivity index (χ3n) is 5.16. The number of ether oxygens (including phenoxy) is 1. The molecule has 0 radical (unpaired) electrons. The Balaban J connectivity index is 1.58. The van der Waals surface area contributed by atoms with Gasteiger partial charge in [-0.15, -0.1) is 11.3 Å². The average Bonchev–Trinajstić information content (AvgIpc) is 3.18. The number of sulfone groups is 1. The van der Waals surface area contributed by atoms with Gasteiger partial charge in [-0.05, 0) is 39.0 Å². The highest BCUT2D eigenvalue weighted by Gasteiger charge is 2.28. The van der Waals surface area contributed by atoms with Crippen molar-refractivity contribution in [2.75, 3.05) is 31.1 Å². The number of carbonyl (C=O) groups excluding carboxylic acids is 1. The predicted octanol–water partition coefficient (Wildman–Crippen LogP) is 4.79. The molecule has 3 aromatic rings. The number of hydrogen-bond donors (Lipinski definition) is 0. The highest BCUT2D eigenvalue weighted by Crippen LogP contribution is 2.38. The normalized spacial score (nSPS) is 15.3. The fourth-order valence-corrected chi connectivity index (χ4v) is 6.58. The number of fused-ring (bicyclic) bond motifs is 1. The Labute approximate surface area is 187 Å². The molecule has 31 heavy (non-hydrogen) atoms. The zero-order chi connectivity index (χ0) is 22.2. The molecule has 1 fully saturated rings. The smallest absolute Gasteiger partial charge is 0.410 e. The van der Waals surface area contributed by atoms with E-state index in [4.69, 9.17) is 4.74 Å². The Bertz CT molecular complexity index is 1190. The van der Waals surface area contributed by atoms with Gasteiger partial charge in [0.25, 0.3) is 0 Å². The molecular formula is C23H26N2O4S2. The number of amides is 1. The van der Waals surface area contributed by atoms with Crippen molar-refractivity contribution in [1.29, 1.82) is 0 Å². The van der Waals surface area contributed by atoms with Crippen LogP contribution in [-0.4, -0.2) is 51.2 Å². The highest BCUT2D eigenvalue weighted by atomic mass is 32.2. The first-order valence-electron chi connectivity index (χ1n) is 10.2. The van der Waals surface area contributed by atoms with Crippen LogP contribution in [0.5, 0.6) is 0 Å².